The molecule has 0 atom stereocenters. The van der Waals surface area contributed by atoms with Gasteiger partial charge in [0, 0.05) is 4.47 Å². The Hall–Kier alpha value is -1.47. The van der Waals surface area contributed by atoms with E-state index in [1.54, 1.807) is 5.43 Å². The molecule has 80 valence electrons. The maximum atomic E-state index is 13.1. The fourth-order valence-corrected chi connectivity index (χ4v) is 1.20. The van der Waals surface area contributed by atoms with Crippen LogP contribution in [0.15, 0.2) is 22.7 Å². The number of hydrogen-bond acceptors (Lipinski definition) is 3. The molecule has 4 N–H and O–H groups in total. The molecule has 0 aliphatic rings. The van der Waals surface area contributed by atoms with Crippen LogP contribution in [0.5, 0.6) is 0 Å². The van der Waals surface area contributed by atoms with Crippen LogP contribution >= 0.6 is 15.9 Å². The van der Waals surface area contributed by atoms with E-state index in [0.717, 1.165) is 6.07 Å². The summed E-state index contributed by atoms with van der Waals surface area (Å²) in [5.74, 6) is 2.01. The first-order valence-corrected chi connectivity index (χ1v) is 4.61. The van der Waals surface area contributed by atoms with Gasteiger partial charge in [-0.2, -0.15) is 0 Å². The molecule has 1 rings (SSSR count). The summed E-state index contributed by atoms with van der Waals surface area (Å²) in [5.41, 5.74) is 1.53. The third-order valence-corrected chi connectivity index (χ3v) is 2.01. The number of hydrazine groups is 1. The average Bonchev–Trinajstić information content (AvgIpc) is 2.22. The molecule has 0 aliphatic carbocycles. The summed E-state index contributed by atoms with van der Waals surface area (Å²) in [4.78, 5) is 21.8. The van der Waals surface area contributed by atoms with Gasteiger partial charge in [-0.15, -0.1) is 0 Å². The Morgan fingerprint density at radius 2 is 2.00 bits per heavy atom. The zero-order valence-electron chi connectivity index (χ0n) is 7.38. The quantitative estimate of drug-likeness (QED) is 0.302. The predicted molar refractivity (Wildman–Crippen MR) is 55.1 cm³/mol. The number of nitrogens with one attached hydrogen (secondary N) is 2. The van der Waals surface area contributed by atoms with Gasteiger partial charge in [0.1, 0.15) is 5.82 Å². The summed E-state index contributed by atoms with van der Waals surface area (Å²) in [6, 6.07) is 3.95. The molecule has 0 unspecified atom stereocenters. The van der Waals surface area contributed by atoms with Crippen molar-refractivity contribution in [1.29, 1.82) is 0 Å². The standard InChI is InChI=1S/C8H7BrFN3O2/c9-4-1-2-5(10)6(3-4)12-7(14)8(15)13-11/h1-3H,11H2,(H,12,14)(H,13,15). The Bertz CT molecular complexity index is 411. The van der Waals surface area contributed by atoms with E-state index in [-0.39, 0.29) is 5.69 Å². The van der Waals surface area contributed by atoms with E-state index in [2.05, 4.69) is 21.2 Å². The van der Waals surface area contributed by atoms with E-state index in [0.29, 0.717) is 4.47 Å². The molecule has 0 saturated carbocycles. The molecular formula is C8H7BrFN3O2. The number of anilines is 1. The van der Waals surface area contributed by atoms with Gasteiger partial charge < -0.3 is 5.32 Å². The van der Waals surface area contributed by atoms with E-state index >= 15 is 0 Å². The number of amides is 2. The van der Waals surface area contributed by atoms with Crippen LogP contribution in [-0.2, 0) is 9.59 Å². The highest BCUT2D eigenvalue weighted by atomic mass is 79.9. The topological polar surface area (TPSA) is 84.2 Å². The molecule has 15 heavy (non-hydrogen) atoms. The van der Waals surface area contributed by atoms with Crippen LogP contribution in [0.2, 0.25) is 0 Å². The monoisotopic (exact) mass is 275 g/mol. The summed E-state index contributed by atoms with van der Waals surface area (Å²) < 4.78 is 13.7. The van der Waals surface area contributed by atoms with Gasteiger partial charge in [0.2, 0.25) is 0 Å². The molecular weight excluding hydrogens is 269 g/mol. The zero-order chi connectivity index (χ0) is 11.4. The van der Waals surface area contributed by atoms with Gasteiger partial charge in [-0.25, -0.2) is 10.2 Å². The third kappa shape index (κ3) is 3.00. The second-order valence-corrected chi connectivity index (χ2v) is 3.47. The predicted octanol–water partition coefficient (Wildman–Crippen LogP) is 0.517. The van der Waals surface area contributed by atoms with E-state index in [9.17, 15) is 14.0 Å². The number of benzene rings is 1. The normalized spacial score (nSPS) is 9.53. The minimum Gasteiger partial charge on any atom is -0.315 e. The average molecular weight is 276 g/mol. The minimum absolute atomic E-state index is 0.0991. The summed E-state index contributed by atoms with van der Waals surface area (Å²) in [7, 11) is 0. The van der Waals surface area contributed by atoms with Gasteiger partial charge >= 0.3 is 11.8 Å². The number of nitrogens with two attached hydrogens (primary N) is 1. The largest absolute Gasteiger partial charge is 0.323 e. The highest BCUT2D eigenvalue weighted by Crippen LogP contribution is 2.19. The van der Waals surface area contributed by atoms with Crippen molar-refractivity contribution in [2.75, 3.05) is 5.32 Å². The van der Waals surface area contributed by atoms with Gasteiger partial charge in [-0.1, -0.05) is 15.9 Å². The second kappa shape index (κ2) is 4.85. The minimum atomic E-state index is -1.05. The van der Waals surface area contributed by atoms with Crippen LogP contribution in [0, 0.1) is 5.82 Å². The first-order chi connectivity index (χ1) is 7.04. The number of carbonyl (C=O) groups is 2. The molecule has 0 radical (unpaired) electrons. The Labute approximate surface area is 92.9 Å². The van der Waals surface area contributed by atoms with Crippen LogP contribution in [0.1, 0.15) is 0 Å². The molecule has 2 amide bonds. The van der Waals surface area contributed by atoms with Crippen molar-refractivity contribution in [2.45, 2.75) is 0 Å². The molecule has 0 aliphatic heterocycles. The number of carbonyl (C=O) groups excluding carboxylic acids is 2. The van der Waals surface area contributed by atoms with E-state index in [1.807, 2.05) is 0 Å². The molecule has 0 fully saturated rings. The van der Waals surface area contributed by atoms with Crippen molar-refractivity contribution in [3.63, 3.8) is 0 Å². The van der Waals surface area contributed by atoms with Crippen molar-refractivity contribution >= 4 is 33.4 Å². The maximum Gasteiger partial charge on any atom is 0.323 e. The molecule has 1 aromatic carbocycles. The number of halogens is 2. The van der Waals surface area contributed by atoms with E-state index in [1.165, 1.54) is 12.1 Å². The highest BCUT2D eigenvalue weighted by molar-refractivity contribution is 9.10. The third-order valence-electron chi connectivity index (χ3n) is 1.51. The Morgan fingerprint density at radius 1 is 1.33 bits per heavy atom. The highest BCUT2D eigenvalue weighted by Gasteiger charge is 2.14. The molecule has 1 aromatic rings. The van der Waals surface area contributed by atoms with Gasteiger partial charge in [-0.3, -0.25) is 15.0 Å². The van der Waals surface area contributed by atoms with Crippen LogP contribution in [0.3, 0.4) is 0 Å². The number of rotatable bonds is 1. The lowest BCUT2D eigenvalue weighted by molar-refractivity contribution is -0.136. The Morgan fingerprint density at radius 3 is 2.60 bits per heavy atom. The van der Waals surface area contributed by atoms with Crippen LogP contribution in [-0.4, -0.2) is 11.8 Å². The Kier molecular flexibility index (Phi) is 3.75. The summed E-state index contributed by atoms with van der Waals surface area (Å²) in [5, 5.41) is 2.07. The molecule has 0 saturated heterocycles. The Balaban J connectivity index is 2.85. The van der Waals surface area contributed by atoms with E-state index < -0.39 is 17.6 Å². The molecule has 0 spiro atoms. The summed E-state index contributed by atoms with van der Waals surface area (Å²) in [6.07, 6.45) is 0. The number of hydrogen-bond donors (Lipinski definition) is 3. The van der Waals surface area contributed by atoms with Crippen LogP contribution in [0.4, 0.5) is 10.1 Å². The smallest absolute Gasteiger partial charge is 0.315 e. The second-order valence-electron chi connectivity index (χ2n) is 2.55. The molecule has 0 heterocycles. The van der Waals surface area contributed by atoms with Gasteiger partial charge in [0.25, 0.3) is 0 Å². The zero-order valence-corrected chi connectivity index (χ0v) is 8.97. The van der Waals surface area contributed by atoms with Crippen molar-refractivity contribution in [3.05, 3.63) is 28.5 Å². The fraction of sp³-hybridized carbons (Fsp3) is 0. The first-order valence-electron chi connectivity index (χ1n) is 3.81. The molecule has 7 heteroatoms. The molecule has 0 aromatic heterocycles. The van der Waals surface area contributed by atoms with Gasteiger partial charge in [-0.05, 0) is 18.2 Å². The maximum absolute atomic E-state index is 13.1. The lowest BCUT2D eigenvalue weighted by atomic mass is 10.3. The summed E-state index contributed by atoms with van der Waals surface area (Å²) >= 11 is 3.10. The molecule has 5 nitrogen and oxygen atoms in total. The van der Waals surface area contributed by atoms with Crippen molar-refractivity contribution in [1.82, 2.24) is 5.43 Å². The van der Waals surface area contributed by atoms with Gasteiger partial charge in [0.05, 0.1) is 5.69 Å². The van der Waals surface area contributed by atoms with E-state index in [4.69, 9.17) is 5.84 Å². The van der Waals surface area contributed by atoms with Crippen LogP contribution < -0.4 is 16.6 Å². The SMILES string of the molecule is NNC(=O)C(=O)Nc1cc(Br)ccc1F. The van der Waals surface area contributed by atoms with Crippen molar-refractivity contribution in [3.8, 4) is 0 Å². The first kappa shape index (κ1) is 11.6. The lowest BCUT2D eigenvalue weighted by Gasteiger charge is -2.05. The van der Waals surface area contributed by atoms with Crippen LogP contribution in [0.25, 0.3) is 0 Å². The van der Waals surface area contributed by atoms with Gasteiger partial charge in [0.15, 0.2) is 0 Å². The fourth-order valence-electron chi connectivity index (χ4n) is 0.838. The lowest BCUT2D eigenvalue weighted by Crippen LogP contribution is -2.39. The van der Waals surface area contributed by atoms with Crippen molar-refractivity contribution in [2.24, 2.45) is 5.84 Å². The molecule has 0 bridgehead atoms. The summed E-state index contributed by atoms with van der Waals surface area (Å²) in [6.45, 7) is 0. The van der Waals surface area contributed by atoms with Crippen molar-refractivity contribution < 1.29 is 14.0 Å².